The van der Waals surface area contributed by atoms with Crippen molar-refractivity contribution in [3.63, 3.8) is 0 Å². The molecule has 0 radical (unpaired) electrons. The second kappa shape index (κ2) is 3.19. The van der Waals surface area contributed by atoms with Crippen LogP contribution in [0.1, 0.15) is 13.3 Å². The molecule has 4 nitrogen and oxygen atoms in total. The molecule has 0 aromatic heterocycles. The van der Waals surface area contributed by atoms with Crippen LogP contribution in [0.25, 0.3) is 0 Å². The minimum absolute atomic E-state index is 0.0306. The maximum atomic E-state index is 11.2. The summed E-state index contributed by atoms with van der Waals surface area (Å²) in [7, 11) is 1.87. The van der Waals surface area contributed by atoms with Crippen LogP contribution in [0.3, 0.4) is 0 Å². The lowest BCUT2D eigenvalue weighted by atomic mass is 10.2. The van der Waals surface area contributed by atoms with Gasteiger partial charge < -0.3 is 5.11 Å². The van der Waals surface area contributed by atoms with Gasteiger partial charge in [0.05, 0.1) is 13.2 Å². The lowest BCUT2D eigenvalue weighted by Crippen LogP contribution is -2.40. The molecule has 1 heterocycles. The molecular weight excluding hydrogens is 144 g/mol. The van der Waals surface area contributed by atoms with E-state index in [0.29, 0.717) is 13.0 Å². The van der Waals surface area contributed by atoms with E-state index in [0.717, 1.165) is 0 Å². The SMILES string of the molecule is CC1CC(=O)N(CCO)N1C. The summed E-state index contributed by atoms with van der Waals surface area (Å²) in [4.78, 5) is 11.2. The van der Waals surface area contributed by atoms with Gasteiger partial charge in [0.25, 0.3) is 0 Å². The molecule has 64 valence electrons. The molecule has 1 N–H and O–H groups in total. The summed E-state index contributed by atoms with van der Waals surface area (Å²) in [6.45, 7) is 2.44. The predicted octanol–water partition coefficient (Wildman–Crippen LogP) is -0.554. The fourth-order valence-corrected chi connectivity index (χ4v) is 1.28. The van der Waals surface area contributed by atoms with Crippen LogP contribution in [-0.2, 0) is 4.79 Å². The van der Waals surface area contributed by atoms with Crippen molar-refractivity contribution >= 4 is 5.91 Å². The van der Waals surface area contributed by atoms with Crippen LogP contribution in [0.15, 0.2) is 0 Å². The topological polar surface area (TPSA) is 43.8 Å². The van der Waals surface area contributed by atoms with E-state index in [9.17, 15) is 4.79 Å². The van der Waals surface area contributed by atoms with Crippen LogP contribution in [-0.4, -0.2) is 47.3 Å². The third-order valence-corrected chi connectivity index (χ3v) is 2.09. The summed E-state index contributed by atoms with van der Waals surface area (Å²) in [5.41, 5.74) is 0. The van der Waals surface area contributed by atoms with Gasteiger partial charge in [-0.2, -0.15) is 0 Å². The molecule has 1 aliphatic rings. The molecule has 0 bridgehead atoms. The molecule has 0 aliphatic carbocycles. The van der Waals surface area contributed by atoms with Gasteiger partial charge in [0, 0.05) is 19.5 Å². The molecule has 11 heavy (non-hydrogen) atoms. The highest BCUT2D eigenvalue weighted by Crippen LogP contribution is 2.15. The van der Waals surface area contributed by atoms with Crippen molar-refractivity contribution in [2.24, 2.45) is 0 Å². The Labute approximate surface area is 66.4 Å². The molecule has 1 amide bonds. The van der Waals surface area contributed by atoms with Crippen molar-refractivity contribution in [3.05, 3.63) is 0 Å². The Morgan fingerprint density at radius 2 is 2.36 bits per heavy atom. The van der Waals surface area contributed by atoms with Crippen LogP contribution in [0.2, 0.25) is 0 Å². The summed E-state index contributed by atoms with van der Waals surface area (Å²) >= 11 is 0. The van der Waals surface area contributed by atoms with Gasteiger partial charge in [-0.3, -0.25) is 9.80 Å². The Bertz CT molecular complexity index is 161. The van der Waals surface area contributed by atoms with Gasteiger partial charge >= 0.3 is 0 Å². The van der Waals surface area contributed by atoms with E-state index in [2.05, 4.69) is 0 Å². The van der Waals surface area contributed by atoms with E-state index < -0.39 is 0 Å². The number of aliphatic hydroxyl groups is 1. The lowest BCUT2D eigenvalue weighted by Gasteiger charge is -2.25. The van der Waals surface area contributed by atoms with Crippen molar-refractivity contribution in [1.29, 1.82) is 0 Å². The first-order chi connectivity index (χ1) is 5.16. The monoisotopic (exact) mass is 158 g/mol. The largest absolute Gasteiger partial charge is 0.394 e. The zero-order valence-corrected chi connectivity index (χ0v) is 6.95. The van der Waals surface area contributed by atoms with E-state index in [1.807, 2.05) is 19.0 Å². The van der Waals surface area contributed by atoms with E-state index in [4.69, 9.17) is 5.11 Å². The highest BCUT2D eigenvalue weighted by Gasteiger charge is 2.31. The zero-order valence-electron chi connectivity index (χ0n) is 6.95. The number of amides is 1. The van der Waals surface area contributed by atoms with Gasteiger partial charge in [-0.05, 0) is 6.92 Å². The molecule has 4 heteroatoms. The summed E-state index contributed by atoms with van der Waals surface area (Å²) in [5, 5.41) is 12.1. The fourth-order valence-electron chi connectivity index (χ4n) is 1.28. The third-order valence-electron chi connectivity index (χ3n) is 2.09. The van der Waals surface area contributed by atoms with Crippen molar-refractivity contribution < 1.29 is 9.90 Å². The molecule has 1 fully saturated rings. The van der Waals surface area contributed by atoms with Crippen molar-refractivity contribution in [1.82, 2.24) is 10.0 Å². The first-order valence-corrected chi connectivity index (χ1v) is 3.80. The number of hydrazine groups is 1. The second-order valence-corrected chi connectivity index (χ2v) is 2.87. The molecule has 1 aliphatic heterocycles. The normalized spacial score (nSPS) is 26.6. The number of nitrogens with zero attached hydrogens (tertiary/aromatic N) is 2. The van der Waals surface area contributed by atoms with Gasteiger partial charge in [-0.15, -0.1) is 0 Å². The molecule has 1 unspecified atom stereocenters. The highest BCUT2D eigenvalue weighted by atomic mass is 16.3. The third kappa shape index (κ3) is 1.52. The molecule has 1 rings (SSSR count). The lowest BCUT2D eigenvalue weighted by molar-refractivity contribution is -0.137. The molecule has 0 spiro atoms. The average molecular weight is 158 g/mol. The van der Waals surface area contributed by atoms with Crippen LogP contribution < -0.4 is 0 Å². The number of carbonyl (C=O) groups excluding carboxylic acids is 1. The fraction of sp³-hybridized carbons (Fsp3) is 0.857. The number of aliphatic hydroxyl groups excluding tert-OH is 1. The number of hydrogen-bond acceptors (Lipinski definition) is 3. The van der Waals surface area contributed by atoms with Crippen LogP contribution >= 0.6 is 0 Å². The smallest absolute Gasteiger partial charge is 0.238 e. The van der Waals surface area contributed by atoms with E-state index in [1.165, 1.54) is 0 Å². The van der Waals surface area contributed by atoms with Crippen LogP contribution in [0.5, 0.6) is 0 Å². The number of β-amino-alcohol motifs (C(OH)–C–C–N with tert-alkyl or cyclic N) is 1. The van der Waals surface area contributed by atoms with Gasteiger partial charge in [0.2, 0.25) is 5.91 Å². The molecular formula is C7H14N2O2. The summed E-state index contributed by atoms with van der Waals surface area (Å²) in [6.07, 6.45) is 0.566. The first kappa shape index (κ1) is 8.49. The Morgan fingerprint density at radius 3 is 2.73 bits per heavy atom. The van der Waals surface area contributed by atoms with Gasteiger partial charge in [0.1, 0.15) is 0 Å². The van der Waals surface area contributed by atoms with Crippen molar-refractivity contribution in [2.45, 2.75) is 19.4 Å². The summed E-state index contributed by atoms with van der Waals surface area (Å²) in [6, 6.07) is 0.272. The predicted molar refractivity (Wildman–Crippen MR) is 40.6 cm³/mol. The van der Waals surface area contributed by atoms with Gasteiger partial charge in [0.15, 0.2) is 0 Å². The molecule has 0 saturated carbocycles. The standard InChI is InChI=1S/C7H14N2O2/c1-6-5-7(11)9(3-4-10)8(6)2/h6,10H,3-5H2,1-2H3. The first-order valence-electron chi connectivity index (χ1n) is 3.80. The molecule has 0 aromatic carbocycles. The van der Waals surface area contributed by atoms with E-state index in [-0.39, 0.29) is 18.6 Å². The summed E-state index contributed by atoms with van der Waals surface area (Å²) < 4.78 is 0. The summed E-state index contributed by atoms with van der Waals surface area (Å²) in [5.74, 6) is 0.106. The highest BCUT2D eigenvalue weighted by molar-refractivity contribution is 5.78. The Kier molecular flexibility index (Phi) is 2.46. The zero-order chi connectivity index (χ0) is 8.43. The molecule has 1 saturated heterocycles. The minimum atomic E-state index is 0.0306. The maximum Gasteiger partial charge on any atom is 0.238 e. The Hall–Kier alpha value is -0.610. The van der Waals surface area contributed by atoms with Crippen LogP contribution in [0.4, 0.5) is 0 Å². The minimum Gasteiger partial charge on any atom is -0.394 e. The molecule has 1 atom stereocenters. The average Bonchev–Trinajstić information content (AvgIpc) is 2.17. The van der Waals surface area contributed by atoms with Gasteiger partial charge in [-0.1, -0.05) is 0 Å². The Balaban J connectivity index is 2.56. The van der Waals surface area contributed by atoms with Crippen LogP contribution in [0, 0.1) is 0 Å². The quantitative estimate of drug-likeness (QED) is 0.586. The maximum absolute atomic E-state index is 11.2. The molecule has 0 aromatic rings. The number of rotatable bonds is 2. The number of carbonyl (C=O) groups is 1. The number of hydrogen-bond donors (Lipinski definition) is 1. The van der Waals surface area contributed by atoms with Crippen molar-refractivity contribution in [3.8, 4) is 0 Å². The van der Waals surface area contributed by atoms with E-state index in [1.54, 1.807) is 5.01 Å². The Morgan fingerprint density at radius 1 is 1.73 bits per heavy atom. The second-order valence-electron chi connectivity index (χ2n) is 2.87. The van der Waals surface area contributed by atoms with Gasteiger partial charge in [-0.25, -0.2) is 5.01 Å². The van der Waals surface area contributed by atoms with E-state index >= 15 is 0 Å². The van der Waals surface area contributed by atoms with Crippen molar-refractivity contribution in [2.75, 3.05) is 20.2 Å².